The average molecular weight is 377 g/mol. The second kappa shape index (κ2) is 6.23. The summed E-state index contributed by atoms with van der Waals surface area (Å²) in [5.41, 5.74) is 3.86. The Balaban J connectivity index is 1.70. The SMILES string of the molecule is Cc1[nH]n2c(=O)cc(-c3ccc4c(c3)OCCO4)nc2c1-c1ccc(F)cc1. The summed E-state index contributed by atoms with van der Waals surface area (Å²) in [6.07, 6.45) is 0. The molecule has 0 aliphatic carbocycles. The predicted octanol–water partition coefficient (Wildman–Crippen LogP) is 3.58. The van der Waals surface area contributed by atoms with Gasteiger partial charge < -0.3 is 9.47 Å². The minimum absolute atomic E-state index is 0.230. The maximum absolute atomic E-state index is 13.3. The molecular formula is C21H16FN3O3. The number of aromatic nitrogens is 3. The molecule has 140 valence electrons. The van der Waals surface area contributed by atoms with Gasteiger partial charge in [0, 0.05) is 22.9 Å². The summed E-state index contributed by atoms with van der Waals surface area (Å²) in [6.45, 7) is 2.86. The second-order valence-electron chi connectivity index (χ2n) is 6.62. The van der Waals surface area contributed by atoms with Crippen LogP contribution in [0.15, 0.2) is 53.3 Å². The van der Waals surface area contributed by atoms with E-state index in [1.807, 2.05) is 25.1 Å². The van der Waals surface area contributed by atoms with Crippen molar-refractivity contribution in [3.05, 3.63) is 70.4 Å². The van der Waals surface area contributed by atoms with E-state index in [9.17, 15) is 9.18 Å². The summed E-state index contributed by atoms with van der Waals surface area (Å²) in [7, 11) is 0. The van der Waals surface area contributed by atoms with E-state index in [1.54, 1.807) is 12.1 Å². The Morgan fingerprint density at radius 3 is 2.50 bits per heavy atom. The van der Waals surface area contributed by atoms with E-state index < -0.39 is 0 Å². The minimum atomic E-state index is -0.316. The van der Waals surface area contributed by atoms with Crippen molar-refractivity contribution < 1.29 is 13.9 Å². The van der Waals surface area contributed by atoms with Gasteiger partial charge in [-0.2, -0.15) is 0 Å². The highest BCUT2D eigenvalue weighted by Gasteiger charge is 2.17. The lowest BCUT2D eigenvalue weighted by Gasteiger charge is -2.18. The van der Waals surface area contributed by atoms with Crippen LogP contribution in [0.2, 0.25) is 0 Å². The fourth-order valence-electron chi connectivity index (χ4n) is 3.46. The molecule has 0 fully saturated rings. The Hall–Kier alpha value is -3.61. The van der Waals surface area contributed by atoms with E-state index in [2.05, 4.69) is 5.10 Å². The molecule has 28 heavy (non-hydrogen) atoms. The molecule has 7 heteroatoms. The van der Waals surface area contributed by atoms with E-state index in [-0.39, 0.29) is 11.4 Å². The molecule has 0 bridgehead atoms. The summed E-state index contributed by atoms with van der Waals surface area (Å²) in [6, 6.07) is 13.1. The van der Waals surface area contributed by atoms with Crippen molar-refractivity contribution in [1.29, 1.82) is 0 Å². The fourth-order valence-corrected chi connectivity index (χ4v) is 3.46. The highest BCUT2D eigenvalue weighted by atomic mass is 19.1. The maximum atomic E-state index is 13.3. The van der Waals surface area contributed by atoms with Crippen LogP contribution in [0.5, 0.6) is 11.5 Å². The molecule has 0 unspecified atom stereocenters. The topological polar surface area (TPSA) is 68.6 Å². The van der Waals surface area contributed by atoms with Gasteiger partial charge >= 0.3 is 0 Å². The van der Waals surface area contributed by atoms with Crippen molar-refractivity contribution in [2.45, 2.75) is 6.92 Å². The van der Waals surface area contributed by atoms with Crippen LogP contribution < -0.4 is 15.0 Å². The van der Waals surface area contributed by atoms with Gasteiger partial charge in [-0.3, -0.25) is 9.89 Å². The Morgan fingerprint density at radius 2 is 1.71 bits per heavy atom. The van der Waals surface area contributed by atoms with E-state index in [0.29, 0.717) is 36.1 Å². The molecule has 0 saturated heterocycles. The minimum Gasteiger partial charge on any atom is -0.486 e. The van der Waals surface area contributed by atoms with Gasteiger partial charge in [-0.15, -0.1) is 0 Å². The molecule has 2 aromatic heterocycles. The Labute approximate surface area is 159 Å². The zero-order chi connectivity index (χ0) is 19.3. The molecule has 5 rings (SSSR count). The first-order valence-electron chi connectivity index (χ1n) is 8.88. The summed E-state index contributed by atoms with van der Waals surface area (Å²) >= 11 is 0. The normalized spacial score (nSPS) is 13.1. The number of aromatic amines is 1. The molecule has 0 radical (unpaired) electrons. The summed E-state index contributed by atoms with van der Waals surface area (Å²) in [5, 5.41) is 3.04. The van der Waals surface area contributed by atoms with Gasteiger partial charge in [0.05, 0.1) is 5.69 Å². The standard InChI is InChI=1S/C21H16FN3O3/c1-12-20(13-2-5-15(22)6-3-13)21-23-16(11-19(26)25(21)24-12)14-4-7-17-18(10-14)28-9-8-27-17/h2-7,10-11,24H,8-9H2,1H3. The highest BCUT2D eigenvalue weighted by molar-refractivity contribution is 5.81. The molecule has 3 heterocycles. The van der Waals surface area contributed by atoms with Gasteiger partial charge in [0.25, 0.3) is 5.56 Å². The lowest BCUT2D eigenvalue weighted by molar-refractivity contribution is 0.171. The molecule has 0 spiro atoms. The number of H-pyrrole nitrogens is 1. The van der Waals surface area contributed by atoms with Crippen LogP contribution in [-0.4, -0.2) is 27.8 Å². The van der Waals surface area contributed by atoms with Crippen molar-refractivity contribution in [3.63, 3.8) is 0 Å². The number of aryl methyl sites for hydroxylation is 1. The molecule has 0 atom stereocenters. The Morgan fingerprint density at radius 1 is 1.00 bits per heavy atom. The van der Waals surface area contributed by atoms with Gasteiger partial charge in [-0.1, -0.05) is 12.1 Å². The molecule has 0 amide bonds. The lowest BCUT2D eigenvalue weighted by Crippen LogP contribution is -2.16. The van der Waals surface area contributed by atoms with Gasteiger partial charge in [0.1, 0.15) is 19.0 Å². The third kappa shape index (κ3) is 2.63. The van der Waals surface area contributed by atoms with Crippen molar-refractivity contribution in [2.24, 2.45) is 0 Å². The van der Waals surface area contributed by atoms with Gasteiger partial charge in [-0.05, 0) is 42.8 Å². The zero-order valence-electron chi connectivity index (χ0n) is 15.0. The molecule has 1 aliphatic rings. The van der Waals surface area contributed by atoms with Gasteiger partial charge in [-0.25, -0.2) is 13.9 Å². The number of benzene rings is 2. The number of ether oxygens (including phenoxy) is 2. The molecule has 1 aliphatic heterocycles. The van der Waals surface area contributed by atoms with E-state index in [4.69, 9.17) is 14.5 Å². The molecule has 2 aromatic carbocycles. The number of hydrogen-bond acceptors (Lipinski definition) is 4. The van der Waals surface area contributed by atoms with Crippen LogP contribution in [0.25, 0.3) is 28.0 Å². The van der Waals surface area contributed by atoms with Crippen LogP contribution in [0.1, 0.15) is 5.69 Å². The Bertz CT molecular complexity index is 1260. The first-order chi connectivity index (χ1) is 13.6. The van der Waals surface area contributed by atoms with Crippen LogP contribution in [-0.2, 0) is 0 Å². The number of fused-ring (bicyclic) bond motifs is 2. The largest absolute Gasteiger partial charge is 0.486 e. The van der Waals surface area contributed by atoms with Crippen LogP contribution >= 0.6 is 0 Å². The third-order valence-corrected chi connectivity index (χ3v) is 4.77. The number of halogens is 1. The van der Waals surface area contributed by atoms with Crippen LogP contribution in [0.4, 0.5) is 4.39 Å². The zero-order valence-corrected chi connectivity index (χ0v) is 15.0. The summed E-state index contributed by atoms with van der Waals surface area (Å²) < 4.78 is 25.9. The van der Waals surface area contributed by atoms with Crippen LogP contribution in [0, 0.1) is 12.7 Å². The summed E-state index contributed by atoms with van der Waals surface area (Å²) in [5.74, 6) is 0.996. The van der Waals surface area contributed by atoms with Crippen molar-refractivity contribution in [1.82, 2.24) is 14.6 Å². The molecular weight excluding hydrogens is 361 g/mol. The lowest BCUT2D eigenvalue weighted by atomic mass is 10.1. The Kier molecular flexibility index (Phi) is 3.68. The quantitative estimate of drug-likeness (QED) is 0.580. The molecule has 1 N–H and O–H groups in total. The van der Waals surface area contributed by atoms with Gasteiger partial charge in [0.15, 0.2) is 17.1 Å². The van der Waals surface area contributed by atoms with E-state index in [0.717, 1.165) is 22.4 Å². The third-order valence-electron chi connectivity index (χ3n) is 4.77. The molecule has 0 saturated carbocycles. The summed E-state index contributed by atoms with van der Waals surface area (Å²) in [4.78, 5) is 17.4. The van der Waals surface area contributed by atoms with Crippen molar-refractivity contribution in [2.75, 3.05) is 13.2 Å². The van der Waals surface area contributed by atoms with E-state index >= 15 is 0 Å². The highest BCUT2D eigenvalue weighted by Crippen LogP contribution is 2.34. The number of nitrogens with one attached hydrogen (secondary N) is 1. The molecule has 6 nitrogen and oxygen atoms in total. The fraction of sp³-hybridized carbons (Fsp3) is 0.143. The number of nitrogens with zero attached hydrogens (tertiary/aromatic N) is 2. The van der Waals surface area contributed by atoms with Crippen molar-refractivity contribution in [3.8, 4) is 33.9 Å². The average Bonchev–Trinajstić information content (AvgIpc) is 3.05. The monoisotopic (exact) mass is 377 g/mol. The van der Waals surface area contributed by atoms with E-state index in [1.165, 1.54) is 22.7 Å². The van der Waals surface area contributed by atoms with Crippen LogP contribution in [0.3, 0.4) is 0 Å². The van der Waals surface area contributed by atoms with Gasteiger partial charge in [0.2, 0.25) is 0 Å². The molecule has 4 aromatic rings. The predicted molar refractivity (Wildman–Crippen MR) is 102 cm³/mol. The van der Waals surface area contributed by atoms with Crippen molar-refractivity contribution >= 4 is 5.65 Å². The maximum Gasteiger partial charge on any atom is 0.273 e. The smallest absolute Gasteiger partial charge is 0.273 e. The number of rotatable bonds is 2. The first-order valence-corrected chi connectivity index (χ1v) is 8.88. The first kappa shape index (κ1) is 16.6. The second-order valence-corrected chi connectivity index (χ2v) is 6.62. The number of hydrogen-bond donors (Lipinski definition) is 1.